The highest BCUT2D eigenvalue weighted by Gasteiger charge is 2.17. The van der Waals surface area contributed by atoms with Crippen LogP contribution in [0.15, 0.2) is 0 Å². The van der Waals surface area contributed by atoms with Crippen molar-refractivity contribution in [2.45, 2.75) is 39.2 Å². The number of Topliss-reactive ketones (excluding diaryl/α,β-unsaturated/α-hetero) is 1. The largest absolute Gasteiger partial charge is 0.345 e. The standard InChI is InChI=1S/C9H15BN2O3/c1-5(7(3)13)12-9(15)6(2)11-8(14)4-10/h5-6H,4H2,1-3H3,(H,11,14)(H,12,15). The molecule has 6 heteroatoms. The van der Waals surface area contributed by atoms with Crippen LogP contribution in [0.5, 0.6) is 0 Å². The van der Waals surface area contributed by atoms with E-state index in [1.165, 1.54) is 13.8 Å². The molecule has 2 atom stereocenters. The molecule has 82 valence electrons. The highest BCUT2D eigenvalue weighted by atomic mass is 16.2. The van der Waals surface area contributed by atoms with Gasteiger partial charge in [-0.2, -0.15) is 0 Å². The summed E-state index contributed by atoms with van der Waals surface area (Å²) >= 11 is 0. The van der Waals surface area contributed by atoms with E-state index in [9.17, 15) is 14.4 Å². The third-order valence-electron chi connectivity index (χ3n) is 1.92. The predicted octanol–water partition coefficient (Wildman–Crippen LogP) is -0.828. The van der Waals surface area contributed by atoms with E-state index in [0.29, 0.717) is 0 Å². The minimum absolute atomic E-state index is 0.138. The van der Waals surface area contributed by atoms with E-state index in [2.05, 4.69) is 10.6 Å². The molecule has 0 aromatic carbocycles. The quantitative estimate of drug-likeness (QED) is 0.581. The number of carbonyl (C=O) groups excluding carboxylic acids is 3. The maximum absolute atomic E-state index is 11.4. The van der Waals surface area contributed by atoms with Crippen molar-refractivity contribution < 1.29 is 14.4 Å². The van der Waals surface area contributed by atoms with Crippen LogP contribution in [0.1, 0.15) is 20.8 Å². The van der Waals surface area contributed by atoms with Crippen molar-refractivity contribution in [3.05, 3.63) is 0 Å². The zero-order valence-corrected chi connectivity index (χ0v) is 9.16. The second kappa shape index (κ2) is 6.21. The second-order valence-electron chi connectivity index (χ2n) is 3.33. The van der Waals surface area contributed by atoms with Gasteiger partial charge in [-0.15, -0.1) is 0 Å². The summed E-state index contributed by atoms with van der Waals surface area (Å²) in [6, 6.07) is -1.24. The van der Waals surface area contributed by atoms with Crippen molar-refractivity contribution in [3.8, 4) is 0 Å². The molecule has 0 saturated heterocycles. The molecular formula is C9H15BN2O3. The lowest BCUT2D eigenvalue weighted by molar-refractivity contribution is -0.129. The van der Waals surface area contributed by atoms with Crippen LogP contribution in [0.25, 0.3) is 0 Å². The number of rotatable bonds is 5. The van der Waals surface area contributed by atoms with E-state index in [-0.39, 0.29) is 12.1 Å². The summed E-state index contributed by atoms with van der Waals surface area (Å²) in [5, 5.41) is 4.85. The number of hydrogen-bond acceptors (Lipinski definition) is 3. The van der Waals surface area contributed by atoms with Gasteiger partial charge in [0.15, 0.2) is 5.78 Å². The van der Waals surface area contributed by atoms with E-state index < -0.39 is 23.9 Å². The van der Waals surface area contributed by atoms with E-state index in [1.54, 1.807) is 6.92 Å². The van der Waals surface area contributed by atoms with Crippen LogP contribution in [-0.4, -0.2) is 37.5 Å². The minimum Gasteiger partial charge on any atom is -0.345 e. The van der Waals surface area contributed by atoms with Gasteiger partial charge in [0, 0.05) is 0 Å². The highest BCUT2D eigenvalue weighted by molar-refractivity contribution is 6.19. The molecule has 2 N–H and O–H groups in total. The number of amides is 2. The molecule has 0 rings (SSSR count). The van der Waals surface area contributed by atoms with E-state index in [0.717, 1.165) is 0 Å². The Labute approximate surface area is 90.4 Å². The fourth-order valence-electron chi connectivity index (χ4n) is 0.806. The molecule has 0 aliphatic carbocycles. The number of hydrogen-bond donors (Lipinski definition) is 2. The Kier molecular flexibility index (Phi) is 5.66. The maximum atomic E-state index is 11.4. The van der Waals surface area contributed by atoms with Gasteiger partial charge in [-0.05, 0) is 27.1 Å². The predicted molar refractivity (Wildman–Crippen MR) is 56.5 cm³/mol. The molecule has 0 aromatic heterocycles. The van der Waals surface area contributed by atoms with Gasteiger partial charge in [-0.3, -0.25) is 14.4 Å². The SMILES string of the molecule is [B]CC(=O)NC(C)C(=O)NC(C)C(C)=O. The molecule has 2 radical (unpaired) electrons. The van der Waals surface area contributed by atoms with Gasteiger partial charge in [-0.25, -0.2) is 0 Å². The molecule has 0 aromatic rings. The Hall–Kier alpha value is -1.33. The zero-order chi connectivity index (χ0) is 12.0. The Bertz CT molecular complexity index is 268. The highest BCUT2D eigenvalue weighted by Crippen LogP contribution is 1.88. The number of ketones is 1. The van der Waals surface area contributed by atoms with Gasteiger partial charge in [-0.1, -0.05) is 0 Å². The first-order valence-corrected chi connectivity index (χ1v) is 4.68. The van der Waals surface area contributed by atoms with Gasteiger partial charge < -0.3 is 10.6 Å². The average Bonchev–Trinajstić information content (AvgIpc) is 2.16. The third kappa shape index (κ3) is 5.19. The fourth-order valence-corrected chi connectivity index (χ4v) is 0.806. The number of carbonyl (C=O) groups is 3. The Morgan fingerprint density at radius 1 is 1.13 bits per heavy atom. The average molecular weight is 210 g/mol. The van der Waals surface area contributed by atoms with Gasteiger partial charge in [0.25, 0.3) is 0 Å². The van der Waals surface area contributed by atoms with Crippen LogP contribution in [0.4, 0.5) is 0 Å². The first-order valence-electron chi connectivity index (χ1n) is 4.68. The molecule has 0 bridgehead atoms. The van der Waals surface area contributed by atoms with Gasteiger partial charge in [0.05, 0.1) is 13.9 Å². The molecular weight excluding hydrogens is 195 g/mol. The second-order valence-corrected chi connectivity index (χ2v) is 3.33. The van der Waals surface area contributed by atoms with Gasteiger partial charge in [0.2, 0.25) is 11.8 Å². The lowest BCUT2D eigenvalue weighted by atomic mass is 10.0. The summed E-state index contributed by atoms with van der Waals surface area (Å²) < 4.78 is 0. The molecule has 15 heavy (non-hydrogen) atoms. The Morgan fingerprint density at radius 2 is 1.67 bits per heavy atom. The smallest absolute Gasteiger partial charge is 0.242 e. The molecule has 0 aliphatic rings. The first kappa shape index (κ1) is 13.7. The molecule has 5 nitrogen and oxygen atoms in total. The van der Waals surface area contributed by atoms with E-state index in [1.807, 2.05) is 0 Å². The summed E-state index contributed by atoms with van der Waals surface area (Å²) in [5.74, 6) is -0.951. The first-order chi connectivity index (χ1) is 6.88. The van der Waals surface area contributed by atoms with Crippen LogP contribution in [-0.2, 0) is 14.4 Å². The molecule has 2 unspecified atom stereocenters. The lowest BCUT2D eigenvalue weighted by Crippen LogP contribution is -2.48. The molecule has 0 fully saturated rings. The van der Waals surface area contributed by atoms with Crippen LogP contribution < -0.4 is 10.6 Å². The van der Waals surface area contributed by atoms with Crippen molar-refractivity contribution in [3.63, 3.8) is 0 Å². The summed E-state index contributed by atoms with van der Waals surface area (Å²) in [5.41, 5.74) is 0. The molecule has 0 spiro atoms. The number of nitrogens with one attached hydrogen (secondary N) is 2. The van der Waals surface area contributed by atoms with Crippen LogP contribution in [0, 0.1) is 0 Å². The fraction of sp³-hybridized carbons (Fsp3) is 0.667. The molecule has 0 saturated carbocycles. The maximum Gasteiger partial charge on any atom is 0.242 e. The zero-order valence-electron chi connectivity index (χ0n) is 9.16. The Morgan fingerprint density at radius 3 is 2.07 bits per heavy atom. The summed E-state index contributed by atoms with van der Waals surface area (Å²) in [7, 11) is 5.07. The van der Waals surface area contributed by atoms with Crippen molar-refractivity contribution in [2.24, 2.45) is 0 Å². The van der Waals surface area contributed by atoms with E-state index in [4.69, 9.17) is 7.85 Å². The monoisotopic (exact) mass is 210 g/mol. The van der Waals surface area contributed by atoms with Crippen LogP contribution in [0.2, 0.25) is 6.32 Å². The summed E-state index contributed by atoms with van der Waals surface area (Å²) in [6.07, 6.45) is -0.167. The van der Waals surface area contributed by atoms with Crippen molar-refractivity contribution >= 4 is 25.4 Å². The summed E-state index contributed by atoms with van der Waals surface area (Å²) in [4.78, 5) is 33.1. The minimum atomic E-state index is -0.692. The van der Waals surface area contributed by atoms with Gasteiger partial charge in [0.1, 0.15) is 6.04 Å². The normalized spacial score (nSPS) is 13.8. The van der Waals surface area contributed by atoms with Gasteiger partial charge >= 0.3 is 0 Å². The van der Waals surface area contributed by atoms with Crippen LogP contribution in [0.3, 0.4) is 0 Å². The van der Waals surface area contributed by atoms with Crippen LogP contribution >= 0.6 is 0 Å². The summed E-state index contributed by atoms with van der Waals surface area (Å²) in [6.45, 7) is 4.49. The lowest BCUT2D eigenvalue weighted by Gasteiger charge is -2.16. The Balaban J connectivity index is 4.10. The van der Waals surface area contributed by atoms with Crippen molar-refractivity contribution in [1.29, 1.82) is 0 Å². The molecule has 2 amide bonds. The van der Waals surface area contributed by atoms with Crippen molar-refractivity contribution in [1.82, 2.24) is 10.6 Å². The topological polar surface area (TPSA) is 75.3 Å². The third-order valence-corrected chi connectivity index (χ3v) is 1.92. The molecule has 0 heterocycles. The molecule has 0 aliphatic heterocycles. The van der Waals surface area contributed by atoms with Crippen molar-refractivity contribution in [2.75, 3.05) is 0 Å². The van der Waals surface area contributed by atoms with E-state index >= 15 is 0 Å².